The molecule has 0 saturated heterocycles. The highest BCUT2D eigenvalue weighted by Gasteiger charge is 2.31. The van der Waals surface area contributed by atoms with Crippen molar-refractivity contribution in [2.45, 2.75) is 76.9 Å². The monoisotopic (exact) mass is 279 g/mol. The van der Waals surface area contributed by atoms with Crippen LogP contribution in [0.2, 0.25) is 0 Å². The molecular weight excluding hydrogens is 250 g/mol. The Morgan fingerprint density at radius 2 is 2.20 bits per heavy atom. The van der Waals surface area contributed by atoms with Gasteiger partial charge in [-0.05, 0) is 39.0 Å². The van der Waals surface area contributed by atoms with Crippen LogP contribution in [0, 0.1) is 0 Å². The maximum atomic E-state index is 9.58. The van der Waals surface area contributed by atoms with E-state index in [-0.39, 0.29) is 12.1 Å². The number of nitrogens with zero attached hydrogens (tertiary/aromatic N) is 2. The van der Waals surface area contributed by atoms with E-state index in [0.29, 0.717) is 12.0 Å². The predicted molar refractivity (Wildman–Crippen MR) is 81.8 cm³/mol. The summed E-state index contributed by atoms with van der Waals surface area (Å²) in [5.74, 6) is 1.65. The molecule has 1 aliphatic carbocycles. The van der Waals surface area contributed by atoms with Gasteiger partial charge in [-0.25, -0.2) is 4.98 Å². The number of aliphatic hydroxyl groups is 1. The number of hydrogen-bond donors (Lipinski definition) is 2. The van der Waals surface area contributed by atoms with Crippen molar-refractivity contribution in [1.29, 1.82) is 0 Å². The number of nitrogens with one attached hydrogen (secondary N) is 1. The average molecular weight is 279 g/mol. The minimum Gasteiger partial charge on any atom is -0.394 e. The standard InChI is InChI=1S/C16H29N3O/c1-13(2)15-17-9-11-19(15)10-5-4-8-16(3,12-20)18-14-6-7-14/h9,11,13-14,18,20H,4-8,10,12H2,1-3H3. The predicted octanol–water partition coefficient (Wildman–Crippen LogP) is 2.68. The first kappa shape index (κ1) is 15.5. The maximum Gasteiger partial charge on any atom is 0.111 e. The van der Waals surface area contributed by atoms with E-state index in [2.05, 4.69) is 41.8 Å². The summed E-state index contributed by atoms with van der Waals surface area (Å²) in [4.78, 5) is 4.42. The Morgan fingerprint density at radius 1 is 1.45 bits per heavy atom. The summed E-state index contributed by atoms with van der Waals surface area (Å²) in [5, 5.41) is 13.2. The highest BCUT2D eigenvalue weighted by molar-refractivity contribution is 4.97. The van der Waals surface area contributed by atoms with Crippen molar-refractivity contribution in [2.24, 2.45) is 0 Å². The first-order valence-electron chi connectivity index (χ1n) is 7.94. The summed E-state index contributed by atoms with van der Waals surface area (Å²) in [6.45, 7) is 7.76. The number of hydrogen-bond acceptors (Lipinski definition) is 3. The van der Waals surface area contributed by atoms with Crippen LogP contribution in [0.15, 0.2) is 12.4 Å². The molecule has 4 nitrogen and oxygen atoms in total. The van der Waals surface area contributed by atoms with E-state index in [1.54, 1.807) is 0 Å². The number of rotatable bonds is 9. The summed E-state index contributed by atoms with van der Waals surface area (Å²) in [7, 11) is 0. The van der Waals surface area contributed by atoms with Gasteiger partial charge < -0.3 is 15.0 Å². The van der Waals surface area contributed by atoms with Crippen molar-refractivity contribution in [3.63, 3.8) is 0 Å². The lowest BCUT2D eigenvalue weighted by molar-refractivity contribution is 0.160. The summed E-state index contributed by atoms with van der Waals surface area (Å²) in [6, 6.07) is 0.647. The zero-order valence-electron chi connectivity index (χ0n) is 13.1. The Hall–Kier alpha value is -0.870. The second kappa shape index (κ2) is 6.72. The molecule has 1 aromatic rings. The Labute approximate surface area is 122 Å². The third-order valence-corrected chi connectivity index (χ3v) is 4.12. The first-order chi connectivity index (χ1) is 9.54. The number of aliphatic hydroxyl groups excluding tert-OH is 1. The third-order valence-electron chi connectivity index (χ3n) is 4.12. The van der Waals surface area contributed by atoms with Gasteiger partial charge in [0.15, 0.2) is 0 Å². The van der Waals surface area contributed by atoms with Crippen molar-refractivity contribution < 1.29 is 5.11 Å². The summed E-state index contributed by atoms with van der Waals surface area (Å²) >= 11 is 0. The average Bonchev–Trinajstić information content (AvgIpc) is 3.08. The molecule has 0 bridgehead atoms. The van der Waals surface area contributed by atoms with Crippen LogP contribution in [0.3, 0.4) is 0 Å². The van der Waals surface area contributed by atoms with Gasteiger partial charge in [0.2, 0.25) is 0 Å². The second-order valence-corrected chi connectivity index (χ2v) is 6.73. The summed E-state index contributed by atoms with van der Waals surface area (Å²) in [5.41, 5.74) is -0.100. The molecule has 2 rings (SSSR count). The molecule has 0 aromatic carbocycles. The van der Waals surface area contributed by atoms with E-state index in [4.69, 9.17) is 0 Å². The fourth-order valence-corrected chi connectivity index (χ4v) is 2.73. The van der Waals surface area contributed by atoms with Crippen molar-refractivity contribution in [2.75, 3.05) is 6.61 Å². The smallest absolute Gasteiger partial charge is 0.111 e. The zero-order valence-corrected chi connectivity index (χ0v) is 13.1. The van der Waals surface area contributed by atoms with Gasteiger partial charge in [-0.3, -0.25) is 0 Å². The molecule has 1 atom stereocenters. The molecule has 0 aliphatic heterocycles. The molecule has 4 heteroatoms. The lowest BCUT2D eigenvalue weighted by Gasteiger charge is -2.29. The molecule has 1 unspecified atom stereocenters. The number of unbranched alkanes of at least 4 members (excludes halogenated alkanes) is 1. The lowest BCUT2D eigenvalue weighted by Crippen LogP contribution is -2.46. The molecule has 0 spiro atoms. The van der Waals surface area contributed by atoms with Crippen molar-refractivity contribution >= 4 is 0 Å². The van der Waals surface area contributed by atoms with Crippen LogP contribution in [-0.2, 0) is 6.54 Å². The second-order valence-electron chi connectivity index (χ2n) is 6.73. The van der Waals surface area contributed by atoms with E-state index < -0.39 is 0 Å². The van der Waals surface area contributed by atoms with Crippen molar-refractivity contribution in [3.05, 3.63) is 18.2 Å². The lowest BCUT2D eigenvalue weighted by atomic mass is 9.95. The van der Waals surface area contributed by atoms with E-state index in [9.17, 15) is 5.11 Å². The van der Waals surface area contributed by atoms with Crippen LogP contribution in [0.25, 0.3) is 0 Å². The highest BCUT2D eigenvalue weighted by atomic mass is 16.3. The normalized spacial score (nSPS) is 18.4. The molecule has 1 saturated carbocycles. The van der Waals surface area contributed by atoms with Gasteiger partial charge in [0.25, 0.3) is 0 Å². The first-order valence-corrected chi connectivity index (χ1v) is 7.94. The minimum absolute atomic E-state index is 0.100. The molecule has 1 heterocycles. The fourth-order valence-electron chi connectivity index (χ4n) is 2.73. The van der Waals surface area contributed by atoms with E-state index in [1.165, 1.54) is 18.7 Å². The number of imidazole rings is 1. The van der Waals surface area contributed by atoms with E-state index in [0.717, 1.165) is 25.8 Å². The fraction of sp³-hybridized carbons (Fsp3) is 0.812. The number of aromatic nitrogens is 2. The van der Waals surface area contributed by atoms with Crippen molar-refractivity contribution in [3.8, 4) is 0 Å². The molecule has 2 N–H and O–H groups in total. The topological polar surface area (TPSA) is 50.1 Å². The quantitative estimate of drug-likeness (QED) is 0.683. The van der Waals surface area contributed by atoms with Crippen LogP contribution in [-0.4, -0.2) is 32.8 Å². The Kier molecular flexibility index (Phi) is 5.22. The van der Waals surface area contributed by atoms with Crippen LogP contribution < -0.4 is 5.32 Å². The maximum absolute atomic E-state index is 9.58. The summed E-state index contributed by atoms with van der Waals surface area (Å²) in [6.07, 6.45) is 9.80. The molecular formula is C16H29N3O. The van der Waals surface area contributed by atoms with E-state index >= 15 is 0 Å². The largest absolute Gasteiger partial charge is 0.394 e. The van der Waals surface area contributed by atoms with Gasteiger partial charge in [0.1, 0.15) is 5.82 Å². The zero-order chi connectivity index (χ0) is 14.6. The molecule has 0 amide bonds. The Morgan fingerprint density at radius 3 is 2.80 bits per heavy atom. The van der Waals surface area contributed by atoms with Crippen LogP contribution >= 0.6 is 0 Å². The Bertz CT molecular complexity index is 412. The van der Waals surface area contributed by atoms with Crippen LogP contribution in [0.5, 0.6) is 0 Å². The molecule has 1 fully saturated rings. The molecule has 20 heavy (non-hydrogen) atoms. The van der Waals surface area contributed by atoms with Gasteiger partial charge in [-0.15, -0.1) is 0 Å². The third kappa shape index (κ3) is 4.32. The van der Waals surface area contributed by atoms with Gasteiger partial charge in [0, 0.05) is 36.4 Å². The molecule has 114 valence electrons. The summed E-state index contributed by atoms with van der Waals surface area (Å²) < 4.78 is 2.26. The molecule has 1 aromatic heterocycles. The molecule has 0 radical (unpaired) electrons. The SMILES string of the molecule is CC(C)c1nccn1CCCCC(C)(CO)NC1CC1. The van der Waals surface area contributed by atoms with Gasteiger partial charge >= 0.3 is 0 Å². The highest BCUT2D eigenvalue weighted by Crippen LogP contribution is 2.25. The van der Waals surface area contributed by atoms with Gasteiger partial charge in [-0.1, -0.05) is 13.8 Å². The Balaban J connectivity index is 1.73. The number of aryl methyl sites for hydroxylation is 1. The minimum atomic E-state index is -0.100. The van der Waals surface area contributed by atoms with E-state index in [1.807, 2.05) is 6.20 Å². The van der Waals surface area contributed by atoms with Gasteiger partial charge in [0.05, 0.1) is 6.61 Å². The van der Waals surface area contributed by atoms with Crippen LogP contribution in [0.1, 0.15) is 64.6 Å². The molecule has 1 aliphatic rings. The van der Waals surface area contributed by atoms with Crippen LogP contribution in [0.4, 0.5) is 0 Å². The van der Waals surface area contributed by atoms with Crippen molar-refractivity contribution in [1.82, 2.24) is 14.9 Å². The van der Waals surface area contributed by atoms with Gasteiger partial charge in [-0.2, -0.15) is 0 Å².